The molecule has 0 unspecified atom stereocenters. The van der Waals surface area contributed by atoms with E-state index in [-0.39, 0.29) is 17.4 Å². The van der Waals surface area contributed by atoms with E-state index in [1.165, 1.54) is 29.5 Å². The SMILES string of the molecule is Cc1cc(C(=O)CSc2ncnc3scc(-c4ccc(C(C)C)cc4)c23)ccc1F. The van der Waals surface area contributed by atoms with E-state index in [4.69, 9.17) is 0 Å². The smallest absolute Gasteiger partial charge is 0.173 e. The maximum Gasteiger partial charge on any atom is 0.173 e. The summed E-state index contributed by atoms with van der Waals surface area (Å²) in [6.07, 6.45) is 1.54. The number of thiophene rings is 1. The number of fused-ring (bicyclic) bond motifs is 1. The van der Waals surface area contributed by atoms with Crippen LogP contribution in [0.1, 0.15) is 41.3 Å². The van der Waals surface area contributed by atoms with Gasteiger partial charge >= 0.3 is 0 Å². The molecule has 2 aromatic heterocycles. The van der Waals surface area contributed by atoms with E-state index >= 15 is 0 Å². The van der Waals surface area contributed by atoms with Crippen LogP contribution in [0.5, 0.6) is 0 Å². The number of aromatic nitrogens is 2. The Hall–Kier alpha value is -2.57. The van der Waals surface area contributed by atoms with Crippen LogP contribution in [0.4, 0.5) is 4.39 Å². The molecule has 0 aliphatic heterocycles. The number of Topliss-reactive ketones (excluding diaryl/α,β-unsaturated/α-hetero) is 1. The Balaban J connectivity index is 1.62. The van der Waals surface area contributed by atoms with Crippen LogP contribution in [0.2, 0.25) is 0 Å². The first-order valence-electron chi connectivity index (χ1n) is 9.68. The third-order valence-electron chi connectivity index (χ3n) is 5.04. The molecule has 0 saturated heterocycles. The van der Waals surface area contributed by atoms with Gasteiger partial charge in [-0.25, -0.2) is 14.4 Å². The Morgan fingerprint density at radius 2 is 1.90 bits per heavy atom. The first-order valence-corrected chi connectivity index (χ1v) is 11.5. The Morgan fingerprint density at radius 1 is 1.13 bits per heavy atom. The van der Waals surface area contributed by atoms with Gasteiger partial charge in [-0.2, -0.15) is 0 Å². The molecule has 152 valence electrons. The van der Waals surface area contributed by atoms with Crippen molar-refractivity contribution < 1.29 is 9.18 Å². The van der Waals surface area contributed by atoms with E-state index in [1.807, 2.05) is 0 Å². The van der Waals surface area contributed by atoms with Crippen molar-refractivity contribution in [3.05, 3.63) is 76.7 Å². The number of benzene rings is 2. The number of rotatable bonds is 6. The summed E-state index contributed by atoms with van der Waals surface area (Å²) in [6, 6.07) is 13.0. The Bertz CT molecular complexity index is 1220. The summed E-state index contributed by atoms with van der Waals surface area (Å²) in [5.74, 6) is 0.364. The summed E-state index contributed by atoms with van der Waals surface area (Å²) in [6.45, 7) is 6.02. The van der Waals surface area contributed by atoms with Gasteiger partial charge in [-0.15, -0.1) is 11.3 Å². The minimum Gasteiger partial charge on any atom is -0.293 e. The molecule has 2 aromatic carbocycles. The van der Waals surface area contributed by atoms with Gasteiger partial charge in [0, 0.05) is 16.5 Å². The van der Waals surface area contributed by atoms with E-state index in [0.29, 0.717) is 17.0 Å². The molecule has 0 amide bonds. The second-order valence-corrected chi connectivity index (χ2v) is 9.28. The van der Waals surface area contributed by atoms with Gasteiger partial charge in [-0.05, 0) is 47.7 Å². The Kier molecular flexibility index (Phi) is 5.97. The normalized spacial score (nSPS) is 11.4. The highest BCUT2D eigenvalue weighted by Crippen LogP contribution is 2.38. The lowest BCUT2D eigenvalue weighted by Gasteiger charge is -2.08. The molecule has 4 aromatic rings. The third kappa shape index (κ3) is 4.16. The monoisotopic (exact) mass is 436 g/mol. The standard InChI is InChI=1S/C24H21FN2OS2/c1-14(2)16-4-6-17(7-5-16)19-11-29-23-22(19)24(27-13-26-23)30-12-21(28)18-8-9-20(25)15(3)10-18/h4-11,13-14H,12H2,1-3H3. The van der Waals surface area contributed by atoms with E-state index < -0.39 is 0 Å². The number of hydrogen-bond donors (Lipinski definition) is 0. The summed E-state index contributed by atoms with van der Waals surface area (Å²) in [7, 11) is 0. The number of ketones is 1. The minimum atomic E-state index is -0.303. The molecule has 0 N–H and O–H groups in total. The van der Waals surface area contributed by atoms with E-state index in [9.17, 15) is 9.18 Å². The van der Waals surface area contributed by atoms with Crippen LogP contribution in [0.3, 0.4) is 0 Å². The molecule has 0 aliphatic rings. The number of thioether (sulfide) groups is 1. The predicted octanol–water partition coefficient (Wildman–Crippen LogP) is 6.90. The molecule has 2 heterocycles. The summed E-state index contributed by atoms with van der Waals surface area (Å²) in [4.78, 5) is 22.4. The van der Waals surface area contributed by atoms with Crippen LogP contribution in [0, 0.1) is 12.7 Å². The van der Waals surface area contributed by atoms with Crippen molar-refractivity contribution in [2.24, 2.45) is 0 Å². The van der Waals surface area contributed by atoms with Gasteiger partial charge < -0.3 is 0 Å². The lowest BCUT2D eigenvalue weighted by atomic mass is 9.99. The van der Waals surface area contributed by atoms with E-state index in [0.717, 1.165) is 26.4 Å². The number of halogens is 1. The molecule has 0 bridgehead atoms. The van der Waals surface area contributed by atoms with E-state index in [2.05, 4.69) is 53.5 Å². The number of aryl methyl sites for hydroxylation is 1. The maximum atomic E-state index is 13.5. The van der Waals surface area contributed by atoms with Crippen LogP contribution in [-0.4, -0.2) is 21.5 Å². The zero-order valence-electron chi connectivity index (χ0n) is 17.0. The molecular weight excluding hydrogens is 415 g/mol. The third-order valence-corrected chi connectivity index (χ3v) is 6.92. The molecule has 0 saturated carbocycles. The number of hydrogen-bond acceptors (Lipinski definition) is 5. The molecule has 6 heteroatoms. The Labute approximate surface area is 183 Å². The van der Waals surface area contributed by atoms with Crippen LogP contribution < -0.4 is 0 Å². The molecule has 0 radical (unpaired) electrons. The quantitative estimate of drug-likeness (QED) is 0.187. The van der Waals surface area contributed by atoms with Gasteiger partial charge in [0.2, 0.25) is 0 Å². The van der Waals surface area contributed by atoms with Gasteiger partial charge in [0.15, 0.2) is 5.78 Å². The topological polar surface area (TPSA) is 42.9 Å². The van der Waals surface area contributed by atoms with Crippen LogP contribution in [0.15, 0.2) is 59.2 Å². The van der Waals surface area contributed by atoms with E-state index in [1.54, 1.807) is 30.7 Å². The lowest BCUT2D eigenvalue weighted by Crippen LogP contribution is -2.03. The second kappa shape index (κ2) is 8.66. The van der Waals surface area contributed by atoms with Crippen molar-refractivity contribution in [3.63, 3.8) is 0 Å². The van der Waals surface area contributed by atoms with Crippen molar-refractivity contribution in [3.8, 4) is 11.1 Å². The van der Waals surface area contributed by atoms with Gasteiger partial charge in [0.1, 0.15) is 22.0 Å². The first-order chi connectivity index (χ1) is 14.4. The fourth-order valence-corrected chi connectivity index (χ4v) is 5.14. The number of carbonyl (C=O) groups excluding carboxylic acids is 1. The van der Waals surface area contributed by atoms with Crippen molar-refractivity contribution in [1.82, 2.24) is 9.97 Å². The van der Waals surface area contributed by atoms with Gasteiger partial charge in [0.25, 0.3) is 0 Å². The largest absolute Gasteiger partial charge is 0.293 e. The fraction of sp³-hybridized carbons (Fsp3) is 0.208. The molecule has 0 aliphatic carbocycles. The zero-order valence-corrected chi connectivity index (χ0v) is 18.6. The minimum absolute atomic E-state index is 0.0482. The number of nitrogens with zero attached hydrogens (tertiary/aromatic N) is 2. The molecular formula is C24H21FN2OS2. The molecule has 0 atom stereocenters. The highest BCUT2D eigenvalue weighted by atomic mass is 32.2. The fourth-order valence-electron chi connectivity index (χ4n) is 3.25. The van der Waals surface area contributed by atoms with Crippen molar-refractivity contribution >= 4 is 39.1 Å². The highest BCUT2D eigenvalue weighted by molar-refractivity contribution is 8.00. The summed E-state index contributed by atoms with van der Waals surface area (Å²) >= 11 is 2.97. The van der Waals surface area contributed by atoms with Crippen molar-refractivity contribution in [2.45, 2.75) is 31.7 Å². The maximum absolute atomic E-state index is 13.5. The van der Waals surface area contributed by atoms with Crippen LogP contribution >= 0.6 is 23.1 Å². The zero-order chi connectivity index (χ0) is 21.3. The summed E-state index contributed by atoms with van der Waals surface area (Å²) in [5.41, 5.74) is 4.48. The summed E-state index contributed by atoms with van der Waals surface area (Å²) < 4.78 is 13.5. The molecule has 3 nitrogen and oxygen atoms in total. The van der Waals surface area contributed by atoms with Crippen molar-refractivity contribution in [2.75, 3.05) is 5.75 Å². The second-order valence-electron chi connectivity index (χ2n) is 7.46. The van der Waals surface area contributed by atoms with Gasteiger partial charge in [-0.3, -0.25) is 4.79 Å². The van der Waals surface area contributed by atoms with Crippen LogP contribution in [0.25, 0.3) is 21.3 Å². The summed E-state index contributed by atoms with van der Waals surface area (Å²) in [5, 5.41) is 3.86. The number of carbonyl (C=O) groups is 1. The molecule has 4 rings (SSSR count). The molecule has 0 spiro atoms. The Morgan fingerprint density at radius 3 is 2.60 bits per heavy atom. The highest BCUT2D eigenvalue weighted by Gasteiger charge is 2.16. The van der Waals surface area contributed by atoms with Gasteiger partial charge in [0.05, 0.1) is 11.1 Å². The van der Waals surface area contributed by atoms with Crippen LogP contribution in [-0.2, 0) is 0 Å². The van der Waals surface area contributed by atoms with Crippen molar-refractivity contribution in [1.29, 1.82) is 0 Å². The average molecular weight is 437 g/mol. The first kappa shape index (κ1) is 20.7. The lowest BCUT2D eigenvalue weighted by molar-refractivity contribution is 0.102. The average Bonchev–Trinajstić information content (AvgIpc) is 3.19. The predicted molar refractivity (Wildman–Crippen MR) is 123 cm³/mol. The van der Waals surface area contributed by atoms with Gasteiger partial charge in [-0.1, -0.05) is 49.9 Å². The molecule has 30 heavy (non-hydrogen) atoms. The molecule has 0 fully saturated rings.